The van der Waals surface area contributed by atoms with Crippen LogP contribution in [-0.2, 0) is 0 Å². The molecule has 0 atom stereocenters. The van der Waals surface area contributed by atoms with Crippen LogP contribution in [0.3, 0.4) is 0 Å². The zero-order valence-corrected chi connectivity index (χ0v) is 37.8. The molecule has 8 heteroatoms. The fourth-order valence-corrected chi connectivity index (χ4v) is 11.5. The number of aromatic nitrogens is 6. The van der Waals surface area contributed by atoms with Gasteiger partial charge in [-0.1, -0.05) is 133 Å². The molecular weight excluding hydrogens is 873 g/mol. The summed E-state index contributed by atoms with van der Waals surface area (Å²) in [4.78, 5) is 16.7. The lowest BCUT2D eigenvalue weighted by Crippen LogP contribution is -2.09. The summed E-state index contributed by atoms with van der Waals surface area (Å²) in [5, 5.41) is 10.9. The first kappa shape index (κ1) is 38.2. The highest BCUT2D eigenvalue weighted by atomic mass is 16.3. The lowest BCUT2D eigenvalue weighted by molar-refractivity contribution is 0.672. The summed E-state index contributed by atoms with van der Waals surface area (Å²) in [5.74, 6) is 1.56. The Hall–Kier alpha value is -9.79. The highest BCUT2D eigenvalue weighted by Gasteiger charge is 2.26. The maximum absolute atomic E-state index is 6.73. The zero-order valence-electron chi connectivity index (χ0n) is 37.8. The van der Waals surface area contributed by atoms with Gasteiger partial charge in [-0.05, 0) is 84.9 Å². The minimum absolute atomic E-state index is 0.490. The number of fused-ring (bicyclic) bond motifs is 17. The van der Waals surface area contributed by atoms with E-state index < -0.39 is 0 Å². The van der Waals surface area contributed by atoms with Gasteiger partial charge in [0.2, 0.25) is 5.95 Å². The topological polar surface area (TPSA) is 79.7 Å². The van der Waals surface area contributed by atoms with Gasteiger partial charge in [-0.2, -0.15) is 9.97 Å². The van der Waals surface area contributed by atoms with E-state index in [1.54, 1.807) is 0 Å². The smallest absolute Gasteiger partial charge is 0.238 e. The largest absolute Gasteiger partial charge is 0.455 e. The lowest BCUT2D eigenvalue weighted by atomic mass is 10.1. The Bertz CT molecular complexity index is 4860. The van der Waals surface area contributed by atoms with Crippen molar-refractivity contribution in [2.45, 2.75) is 0 Å². The van der Waals surface area contributed by atoms with E-state index in [1.165, 1.54) is 10.8 Å². The number of rotatable bonds is 5. The molecule has 6 aromatic heterocycles. The molecule has 0 saturated heterocycles. The molecular formula is C63H36N6O2. The Kier molecular flexibility index (Phi) is 7.73. The first-order chi connectivity index (χ1) is 35.2. The van der Waals surface area contributed by atoms with Gasteiger partial charge < -0.3 is 18.0 Å². The van der Waals surface area contributed by atoms with Crippen LogP contribution in [0.1, 0.15) is 0 Å². The van der Waals surface area contributed by atoms with Gasteiger partial charge in [-0.15, -0.1) is 0 Å². The number of furan rings is 2. The lowest BCUT2D eigenvalue weighted by Gasteiger charge is -2.17. The third-order valence-electron chi connectivity index (χ3n) is 14.5. The maximum Gasteiger partial charge on any atom is 0.238 e. The third kappa shape index (κ3) is 5.30. The van der Waals surface area contributed by atoms with Crippen molar-refractivity contribution in [3.63, 3.8) is 0 Å². The van der Waals surface area contributed by atoms with Crippen molar-refractivity contribution in [2.75, 3.05) is 0 Å². The molecule has 16 rings (SSSR count). The van der Waals surface area contributed by atoms with E-state index in [-0.39, 0.29) is 0 Å². The zero-order chi connectivity index (χ0) is 46.3. The van der Waals surface area contributed by atoms with Crippen molar-refractivity contribution >= 4 is 109 Å². The van der Waals surface area contributed by atoms with Crippen molar-refractivity contribution in [2.24, 2.45) is 0 Å². The van der Waals surface area contributed by atoms with Crippen LogP contribution in [0.25, 0.3) is 149 Å². The normalized spacial score (nSPS) is 12.2. The molecule has 0 aliphatic carbocycles. The maximum atomic E-state index is 6.73. The second kappa shape index (κ2) is 14.4. The molecule has 71 heavy (non-hydrogen) atoms. The van der Waals surface area contributed by atoms with Gasteiger partial charge in [0.25, 0.3) is 0 Å². The molecule has 0 amide bonds. The van der Waals surface area contributed by atoms with E-state index in [0.717, 1.165) is 121 Å². The van der Waals surface area contributed by atoms with Gasteiger partial charge >= 0.3 is 0 Å². The first-order valence-corrected chi connectivity index (χ1v) is 23.9. The summed E-state index contributed by atoms with van der Waals surface area (Å²) >= 11 is 0. The van der Waals surface area contributed by atoms with E-state index >= 15 is 0 Å². The predicted molar refractivity (Wildman–Crippen MR) is 288 cm³/mol. The fourth-order valence-electron chi connectivity index (χ4n) is 11.5. The van der Waals surface area contributed by atoms with Crippen molar-refractivity contribution in [3.8, 4) is 40.1 Å². The summed E-state index contributed by atoms with van der Waals surface area (Å²) in [6.07, 6.45) is 0. The third-order valence-corrected chi connectivity index (χ3v) is 14.5. The molecule has 0 spiro atoms. The monoisotopic (exact) mass is 908 g/mol. The molecule has 8 nitrogen and oxygen atoms in total. The highest BCUT2D eigenvalue weighted by Crippen LogP contribution is 2.44. The van der Waals surface area contributed by atoms with Crippen molar-refractivity contribution in [1.29, 1.82) is 0 Å². The van der Waals surface area contributed by atoms with Gasteiger partial charge in [0, 0.05) is 54.2 Å². The van der Waals surface area contributed by atoms with Gasteiger partial charge in [-0.3, -0.25) is 4.57 Å². The van der Waals surface area contributed by atoms with E-state index in [9.17, 15) is 0 Å². The molecule has 0 aliphatic rings. The van der Waals surface area contributed by atoms with Crippen LogP contribution in [0.2, 0.25) is 0 Å². The molecule has 0 aliphatic heterocycles. The van der Waals surface area contributed by atoms with Crippen LogP contribution in [0.4, 0.5) is 0 Å². The summed E-state index contributed by atoms with van der Waals surface area (Å²) in [7, 11) is 0. The second-order valence-electron chi connectivity index (χ2n) is 18.3. The van der Waals surface area contributed by atoms with E-state index in [0.29, 0.717) is 17.6 Å². The summed E-state index contributed by atoms with van der Waals surface area (Å²) in [5.41, 5.74) is 13.2. The van der Waals surface area contributed by atoms with Gasteiger partial charge in [0.1, 0.15) is 22.3 Å². The van der Waals surface area contributed by atoms with Crippen LogP contribution < -0.4 is 0 Å². The van der Waals surface area contributed by atoms with Gasteiger partial charge in [0.05, 0.1) is 55.2 Å². The van der Waals surface area contributed by atoms with E-state index in [2.05, 4.69) is 208 Å². The Morgan fingerprint density at radius 2 is 0.634 bits per heavy atom. The Balaban J connectivity index is 1.01. The molecule has 10 aromatic carbocycles. The predicted octanol–water partition coefficient (Wildman–Crippen LogP) is 16.3. The van der Waals surface area contributed by atoms with Crippen molar-refractivity contribution < 1.29 is 8.83 Å². The quantitative estimate of drug-likeness (QED) is 0.172. The summed E-state index contributed by atoms with van der Waals surface area (Å²) in [6, 6.07) is 76.4. The van der Waals surface area contributed by atoms with Crippen LogP contribution >= 0.6 is 0 Å². The molecule has 0 N–H and O–H groups in total. The van der Waals surface area contributed by atoms with E-state index in [4.69, 9.17) is 23.8 Å². The van der Waals surface area contributed by atoms with Gasteiger partial charge in [0.15, 0.2) is 11.6 Å². The van der Waals surface area contributed by atoms with Crippen molar-refractivity contribution in [1.82, 2.24) is 28.7 Å². The molecule has 0 fully saturated rings. The molecule has 16 aromatic rings. The number of hydrogen-bond acceptors (Lipinski definition) is 5. The Morgan fingerprint density at radius 3 is 1.14 bits per heavy atom. The van der Waals surface area contributed by atoms with Crippen LogP contribution in [0.15, 0.2) is 227 Å². The van der Waals surface area contributed by atoms with E-state index in [1.807, 2.05) is 24.3 Å². The molecule has 330 valence electrons. The first-order valence-electron chi connectivity index (χ1n) is 23.9. The standard InChI is InChI=1S/C63H36N6O2/c1-9-25-47-37(17-1)38-18-2-10-26-48(38)67(47)51-29-13-5-23-45(51)61-64-62(66-63(65-61)69-50-28-12-4-22-44(50)58-54(69)36-34-42-40-20-8-16-32-56(40)71-60(42)58)46-24-6-14-30-52(46)68-49-27-11-3-21-43(49)57-53(68)35-33-41-39-19-7-15-31-55(39)70-59(41)57/h1-36H. The molecule has 6 heterocycles. The number of para-hydroxylation sites is 8. The second-order valence-corrected chi connectivity index (χ2v) is 18.3. The van der Waals surface area contributed by atoms with Crippen molar-refractivity contribution in [3.05, 3.63) is 218 Å². The Labute approximate surface area is 403 Å². The summed E-state index contributed by atoms with van der Waals surface area (Å²) in [6.45, 7) is 0. The minimum Gasteiger partial charge on any atom is -0.455 e. The molecule has 0 bridgehead atoms. The molecule has 0 saturated carbocycles. The average molecular weight is 909 g/mol. The van der Waals surface area contributed by atoms with Gasteiger partial charge in [-0.25, -0.2) is 4.98 Å². The number of hydrogen-bond donors (Lipinski definition) is 0. The Morgan fingerprint density at radius 1 is 0.268 bits per heavy atom. The molecule has 0 radical (unpaired) electrons. The fraction of sp³-hybridized carbons (Fsp3) is 0. The number of nitrogens with zero attached hydrogens (tertiary/aromatic N) is 6. The SMILES string of the molecule is c1ccc(-n2c3ccccc3c3ccccc32)c(-c2nc(-c3ccccc3-n3c4ccccc4c4c5oc6ccccc6c5ccc43)nc(-n3c4ccccc4c4c5oc6ccccc6c5ccc43)n2)c1. The minimum atomic E-state index is 0.490. The highest BCUT2D eigenvalue weighted by molar-refractivity contribution is 6.25. The summed E-state index contributed by atoms with van der Waals surface area (Å²) < 4.78 is 20.3. The average Bonchev–Trinajstić information content (AvgIpc) is 4.24. The van der Waals surface area contributed by atoms with Crippen LogP contribution in [-0.4, -0.2) is 28.7 Å². The molecule has 0 unspecified atom stereocenters. The van der Waals surface area contributed by atoms with Crippen LogP contribution in [0, 0.1) is 0 Å². The van der Waals surface area contributed by atoms with Crippen LogP contribution in [0.5, 0.6) is 0 Å². The number of benzene rings is 10.